The van der Waals surface area contributed by atoms with Crippen LogP contribution in [0.1, 0.15) is 55.9 Å². The normalized spacial score (nSPS) is 15.3. The monoisotopic (exact) mass is 355 g/mol. The predicted molar refractivity (Wildman–Crippen MR) is 101 cm³/mol. The molecule has 6 heteroatoms. The smallest absolute Gasteiger partial charge is 0.360 e. The Morgan fingerprint density at radius 1 is 1.19 bits per heavy atom. The molecule has 1 aliphatic rings. The fourth-order valence-electron chi connectivity index (χ4n) is 3.31. The molecule has 138 valence electrons. The predicted octanol–water partition coefficient (Wildman–Crippen LogP) is 3.54. The highest BCUT2D eigenvalue weighted by Gasteiger charge is 2.21. The van der Waals surface area contributed by atoms with Gasteiger partial charge in [0.25, 0.3) is 5.56 Å². The Hall–Kier alpha value is -2.63. The molecule has 0 atom stereocenters. The fourth-order valence-corrected chi connectivity index (χ4v) is 3.31. The molecular formula is C20H25N3O3. The van der Waals surface area contributed by atoms with Gasteiger partial charge >= 0.3 is 5.97 Å². The van der Waals surface area contributed by atoms with Gasteiger partial charge in [0.2, 0.25) is 0 Å². The molecule has 1 saturated carbocycles. The molecule has 0 amide bonds. The number of esters is 1. The largest absolute Gasteiger partial charge is 0.461 e. The van der Waals surface area contributed by atoms with Crippen molar-refractivity contribution >= 4 is 11.7 Å². The van der Waals surface area contributed by atoms with E-state index in [1.54, 1.807) is 19.1 Å². The first-order chi connectivity index (χ1) is 12.7. The molecule has 1 aromatic heterocycles. The van der Waals surface area contributed by atoms with Crippen LogP contribution in [-0.4, -0.2) is 28.4 Å². The van der Waals surface area contributed by atoms with Crippen molar-refractivity contribution < 1.29 is 9.53 Å². The Kier molecular flexibility index (Phi) is 6.04. The van der Waals surface area contributed by atoms with E-state index in [1.807, 2.05) is 18.2 Å². The zero-order valence-electron chi connectivity index (χ0n) is 15.1. The summed E-state index contributed by atoms with van der Waals surface area (Å²) in [6, 6.07) is 10.8. The van der Waals surface area contributed by atoms with E-state index in [9.17, 15) is 9.59 Å². The van der Waals surface area contributed by atoms with E-state index in [1.165, 1.54) is 23.6 Å². The summed E-state index contributed by atoms with van der Waals surface area (Å²) in [7, 11) is 0. The van der Waals surface area contributed by atoms with Crippen LogP contribution in [0, 0.1) is 0 Å². The highest BCUT2D eigenvalue weighted by atomic mass is 16.5. The van der Waals surface area contributed by atoms with Crippen LogP contribution in [0.25, 0.3) is 5.69 Å². The molecule has 1 fully saturated rings. The summed E-state index contributed by atoms with van der Waals surface area (Å²) in [5.41, 5.74) is 0.955. The summed E-state index contributed by atoms with van der Waals surface area (Å²) in [4.78, 5) is 25.0. The number of nitrogens with zero attached hydrogens (tertiary/aromatic N) is 2. The zero-order valence-corrected chi connectivity index (χ0v) is 15.1. The minimum Gasteiger partial charge on any atom is -0.461 e. The summed E-state index contributed by atoms with van der Waals surface area (Å²) in [6.07, 6.45) is 6.84. The lowest BCUT2D eigenvalue weighted by atomic mass is 10.1. The third-order valence-electron chi connectivity index (χ3n) is 4.62. The lowest BCUT2D eigenvalue weighted by Gasteiger charge is -2.19. The number of anilines is 1. The van der Waals surface area contributed by atoms with Gasteiger partial charge in [0.05, 0.1) is 18.0 Å². The van der Waals surface area contributed by atoms with Crippen molar-refractivity contribution in [1.29, 1.82) is 0 Å². The topological polar surface area (TPSA) is 73.2 Å². The van der Waals surface area contributed by atoms with Crippen LogP contribution < -0.4 is 10.9 Å². The van der Waals surface area contributed by atoms with Crippen molar-refractivity contribution in [3.8, 4) is 5.69 Å². The second-order valence-corrected chi connectivity index (χ2v) is 6.55. The first kappa shape index (κ1) is 18.2. The highest BCUT2D eigenvalue weighted by molar-refractivity contribution is 5.93. The average Bonchev–Trinajstić information content (AvgIpc) is 2.91. The number of aromatic nitrogens is 2. The van der Waals surface area contributed by atoms with E-state index < -0.39 is 5.97 Å². The Bertz CT molecular complexity index is 794. The SMILES string of the molecule is CCOC(=O)c1nn(-c2ccccc2)c(=O)cc1NC1CCCCCC1. The number of para-hydroxylation sites is 1. The average molecular weight is 355 g/mol. The number of hydrogen-bond donors (Lipinski definition) is 1. The Labute approximate surface area is 153 Å². The van der Waals surface area contributed by atoms with E-state index >= 15 is 0 Å². The van der Waals surface area contributed by atoms with Crippen molar-refractivity contribution in [2.45, 2.75) is 51.5 Å². The molecule has 6 nitrogen and oxygen atoms in total. The van der Waals surface area contributed by atoms with Gasteiger partial charge in [0, 0.05) is 12.1 Å². The van der Waals surface area contributed by atoms with Crippen molar-refractivity contribution in [1.82, 2.24) is 9.78 Å². The molecule has 0 radical (unpaired) electrons. The van der Waals surface area contributed by atoms with Crippen LogP contribution in [0.5, 0.6) is 0 Å². The molecule has 0 unspecified atom stereocenters. The number of carbonyl (C=O) groups is 1. The van der Waals surface area contributed by atoms with Crippen molar-refractivity contribution in [3.05, 3.63) is 52.4 Å². The number of ether oxygens (including phenoxy) is 1. The third-order valence-corrected chi connectivity index (χ3v) is 4.62. The molecule has 1 aromatic carbocycles. The maximum Gasteiger partial charge on any atom is 0.360 e. The van der Waals surface area contributed by atoms with Gasteiger partial charge in [-0.15, -0.1) is 0 Å². The number of nitrogens with one attached hydrogen (secondary N) is 1. The minimum atomic E-state index is -0.520. The van der Waals surface area contributed by atoms with E-state index in [0.717, 1.165) is 25.7 Å². The quantitative estimate of drug-likeness (QED) is 0.656. The van der Waals surface area contributed by atoms with Crippen LogP contribution in [0.15, 0.2) is 41.2 Å². The minimum absolute atomic E-state index is 0.152. The number of hydrogen-bond acceptors (Lipinski definition) is 5. The van der Waals surface area contributed by atoms with Gasteiger partial charge < -0.3 is 10.1 Å². The third kappa shape index (κ3) is 4.31. The zero-order chi connectivity index (χ0) is 18.4. The van der Waals surface area contributed by atoms with E-state index in [2.05, 4.69) is 10.4 Å². The molecular weight excluding hydrogens is 330 g/mol. The molecule has 1 heterocycles. The van der Waals surface area contributed by atoms with Crippen LogP contribution in [0.3, 0.4) is 0 Å². The first-order valence-electron chi connectivity index (χ1n) is 9.32. The molecule has 0 saturated heterocycles. The fraction of sp³-hybridized carbons (Fsp3) is 0.450. The Balaban J connectivity index is 1.98. The van der Waals surface area contributed by atoms with E-state index in [-0.39, 0.29) is 23.9 Å². The second-order valence-electron chi connectivity index (χ2n) is 6.55. The molecule has 0 aliphatic heterocycles. The number of carbonyl (C=O) groups excluding carboxylic acids is 1. The Morgan fingerprint density at radius 2 is 1.88 bits per heavy atom. The molecule has 3 rings (SSSR count). The molecule has 26 heavy (non-hydrogen) atoms. The van der Waals surface area contributed by atoms with Gasteiger partial charge in [-0.05, 0) is 31.9 Å². The summed E-state index contributed by atoms with van der Waals surface area (Å²) < 4.78 is 6.40. The number of rotatable bonds is 5. The maximum absolute atomic E-state index is 12.6. The second kappa shape index (κ2) is 8.65. The summed E-state index contributed by atoms with van der Waals surface area (Å²) >= 11 is 0. The summed E-state index contributed by atoms with van der Waals surface area (Å²) in [6.45, 7) is 2.01. The highest BCUT2D eigenvalue weighted by Crippen LogP contribution is 2.22. The van der Waals surface area contributed by atoms with Gasteiger partial charge in [-0.2, -0.15) is 9.78 Å². The van der Waals surface area contributed by atoms with Crippen LogP contribution >= 0.6 is 0 Å². The van der Waals surface area contributed by atoms with Crippen LogP contribution in [-0.2, 0) is 4.74 Å². The van der Waals surface area contributed by atoms with E-state index in [4.69, 9.17) is 4.74 Å². The van der Waals surface area contributed by atoms with Crippen LogP contribution in [0.2, 0.25) is 0 Å². The lowest BCUT2D eigenvalue weighted by Crippen LogP contribution is -2.28. The maximum atomic E-state index is 12.6. The molecule has 0 spiro atoms. The molecule has 1 aliphatic carbocycles. The van der Waals surface area contributed by atoms with Crippen LogP contribution in [0.4, 0.5) is 5.69 Å². The van der Waals surface area contributed by atoms with Gasteiger partial charge in [-0.25, -0.2) is 4.79 Å². The molecule has 2 aromatic rings. The van der Waals surface area contributed by atoms with Gasteiger partial charge in [-0.3, -0.25) is 4.79 Å². The molecule has 0 bridgehead atoms. The van der Waals surface area contributed by atoms with E-state index in [0.29, 0.717) is 11.4 Å². The van der Waals surface area contributed by atoms with Crippen molar-refractivity contribution in [2.75, 3.05) is 11.9 Å². The first-order valence-corrected chi connectivity index (χ1v) is 9.32. The van der Waals surface area contributed by atoms with Gasteiger partial charge in [-0.1, -0.05) is 43.9 Å². The summed E-state index contributed by atoms with van der Waals surface area (Å²) in [5, 5.41) is 7.69. The standard InChI is InChI=1S/C20H25N3O3/c1-2-26-20(25)19-17(21-15-10-6-3-4-7-11-15)14-18(24)23(22-19)16-12-8-5-9-13-16/h5,8-9,12-15,21H,2-4,6-7,10-11H2,1H3. The Morgan fingerprint density at radius 3 is 2.54 bits per heavy atom. The lowest BCUT2D eigenvalue weighted by molar-refractivity contribution is 0.0518. The van der Waals surface area contributed by atoms with Gasteiger partial charge in [0.15, 0.2) is 5.69 Å². The van der Waals surface area contributed by atoms with Crippen molar-refractivity contribution in [2.24, 2.45) is 0 Å². The summed E-state index contributed by atoms with van der Waals surface area (Å²) in [5.74, 6) is -0.520. The molecule has 1 N–H and O–H groups in total. The number of benzene rings is 1. The van der Waals surface area contributed by atoms with Crippen molar-refractivity contribution in [3.63, 3.8) is 0 Å². The van der Waals surface area contributed by atoms with Gasteiger partial charge in [0.1, 0.15) is 0 Å².